The number of thiazole rings is 1. The summed E-state index contributed by atoms with van der Waals surface area (Å²) in [4.78, 5) is 60.8. The Kier molecular flexibility index (Phi) is 5.38. The Morgan fingerprint density at radius 2 is 1.69 bits per heavy atom. The number of benzene rings is 2. The predicted molar refractivity (Wildman–Crippen MR) is 113 cm³/mol. The highest BCUT2D eigenvalue weighted by Gasteiger charge is 2.28. The summed E-state index contributed by atoms with van der Waals surface area (Å²) in [5.41, 5.74) is -0.0143. The minimum absolute atomic E-state index is 0.0847. The van der Waals surface area contributed by atoms with Crippen LogP contribution in [0.2, 0.25) is 0 Å². The second-order valence-corrected chi connectivity index (χ2v) is 8.59. The van der Waals surface area contributed by atoms with Crippen LogP contribution in [0.4, 0.5) is 16.2 Å². The Morgan fingerprint density at radius 1 is 0.969 bits per heavy atom. The van der Waals surface area contributed by atoms with Gasteiger partial charge in [0.15, 0.2) is 4.34 Å². The number of aromatic nitrogens is 1. The maximum atomic E-state index is 11.8. The summed E-state index contributed by atoms with van der Waals surface area (Å²) in [6.07, 6.45) is 1.13. The zero-order valence-electron chi connectivity index (χ0n) is 15.6. The molecule has 1 fully saturated rings. The lowest BCUT2D eigenvalue weighted by molar-refractivity contribution is -0.387. The number of hydrogen-bond acceptors (Lipinski definition) is 10. The molecular weight excluding hydrogens is 462 g/mol. The molecule has 1 aromatic heterocycles. The first-order valence-electron chi connectivity index (χ1n) is 8.61. The summed E-state index contributed by atoms with van der Waals surface area (Å²) in [5, 5.41) is 26.4. The molecule has 1 aliphatic rings. The molecule has 0 bridgehead atoms. The van der Waals surface area contributed by atoms with E-state index in [4.69, 9.17) is 0 Å². The molecule has 12 nitrogen and oxygen atoms in total. The van der Waals surface area contributed by atoms with Gasteiger partial charge in [0.05, 0.1) is 25.0 Å². The van der Waals surface area contributed by atoms with Crippen LogP contribution in [-0.2, 0) is 9.59 Å². The lowest BCUT2D eigenvalue weighted by Gasteiger charge is -2.13. The van der Waals surface area contributed by atoms with Gasteiger partial charge in [0, 0.05) is 18.2 Å². The number of nitro benzene ring substituents is 2. The fourth-order valence-corrected chi connectivity index (χ4v) is 4.91. The molecule has 2 N–H and O–H groups in total. The number of carbonyl (C=O) groups is 3. The first kappa shape index (κ1) is 21.1. The summed E-state index contributed by atoms with van der Waals surface area (Å²) in [6, 6.07) is 7.35. The van der Waals surface area contributed by atoms with E-state index < -0.39 is 27.7 Å². The highest BCUT2D eigenvalue weighted by Crippen LogP contribution is 2.40. The van der Waals surface area contributed by atoms with Crippen molar-refractivity contribution in [1.82, 2.24) is 15.6 Å². The van der Waals surface area contributed by atoms with Crippen molar-refractivity contribution in [1.29, 1.82) is 0 Å². The van der Waals surface area contributed by atoms with E-state index in [1.54, 1.807) is 0 Å². The second kappa shape index (κ2) is 8.16. The van der Waals surface area contributed by atoms with Crippen LogP contribution >= 0.6 is 23.1 Å². The molecule has 1 aliphatic heterocycles. The van der Waals surface area contributed by atoms with E-state index in [0.717, 1.165) is 29.2 Å². The predicted octanol–water partition coefficient (Wildman–Crippen LogP) is 3.01. The average molecular weight is 471 g/mol. The molecule has 0 atom stereocenters. The van der Waals surface area contributed by atoms with Crippen LogP contribution < -0.4 is 10.6 Å². The largest absolute Gasteiger partial charge is 0.328 e. The number of imide groups is 2. The fraction of sp³-hybridized carbons (Fsp3) is 0. The van der Waals surface area contributed by atoms with Gasteiger partial charge in [0.2, 0.25) is 0 Å². The molecule has 0 unspecified atom stereocenters. The van der Waals surface area contributed by atoms with Gasteiger partial charge in [0.25, 0.3) is 23.2 Å². The zero-order chi connectivity index (χ0) is 23.0. The number of hydrogen-bond donors (Lipinski definition) is 2. The Bertz CT molecular complexity index is 1360. The number of rotatable bonds is 5. The van der Waals surface area contributed by atoms with Gasteiger partial charge in [-0.25, -0.2) is 9.78 Å². The van der Waals surface area contributed by atoms with Crippen molar-refractivity contribution < 1.29 is 24.2 Å². The molecule has 1 saturated heterocycles. The van der Waals surface area contributed by atoms with Crippen molar-refractivity contribution in [2.75, 3.05) is 0 Å². The maximum absolute atomic E-state index is 11.8. The summed E-state index contributed by atoms with van der Waals surface area (Å²) in [7, 11) is 0. The Labute approximate surface area is 185 Å². The van der Waals surface area contributed by atoms with Crippen LogP contribution in [0.15, 0.2) is 51.2 Å². The molecule has 0 radical (unpaired) electrons. The van der Waals surface area contributed by atoms with Crippen LogP contribution in [0, 0.1) is 20.2 Å². The van der Waals surface area contributed by atoms with Gasteiger partial charge in [0.1, 0.15) is 5.57 Å². The molecule has 160 valence electrons. The van der Waals surface area contributed by atoms with Crippen molar-refractivity contribution >= 4 is 68.6 Å². The van der Waals surface area contributed by atoms with Gasteiger partial charge in [-0.3, -0.25) is 40.5 Å². The Balaban J connectivity index is 1.66. The Morgan fingerprint density at radius 3 is 2.34 bits per heavy atom. The highest BCUT2D eigenvalue weighted by atomic mass is 32.2. The van der Waals surface area contributed by atoms with Gasteiger partial charge in [-0.1, -0.05) is 17.8 Å². The third-order valence-corrected chi connectivity index (χ3v) is 6.34. The van der Waals surface area contributed by atoms with Crippen LogP contribution in [0.1, 0.15) is 5.56 Å². The van der Waals surface area contributed by atoms with Gasteiger partial charge in [-0.05, 0) is 23.8 Å². The summed E-state index contributed by atoms with van der Waals surface area (Å²) < 4.78 is 1.01. The molecule has 0 spiro atoms. The summed E-state index contributed by atoms with van der Waals surface area (Å²) in [6.45, 7) is 0. The van der Waals surface area contributed by atoms with Crippen molar-refractivity contribution in [3.63, 3.8) is 0 Å². The van der Waals surface area contributed by atoms with E-state index in [1.165, 1.54) is 36.4 Å². The molecular formula is C18H9N5O7S2. The van der Waals surface area contributed by atoms with E-state index in [0.29, 0.717) is 14.6 Å². The van der Waals surface area contributed by atoms with Crippen LogP contribution in [0.3, 0.4) is 0 Å². The number of nitrogens with zero attached hydrogens (tertiary/aromatic N) is 3. The highest BCUT2D eigenvalue weighted by molar-refractivity contribution is 8.01. The van der Waals surface area contributed by atoms with Gasteiger partial charge >= 0.3 is 6.03 Å². The lowest BCUT2D eigenvalue weighted by Crippen LogP contribution is -2.51. The van der Waals surface area contributed by atoms with Crippen molar-refractivity contribution in [3.05, 3.63) is 67.8 Å². The number of fused-ring (bicyclic) bond motifs is 1. The number of non-ortho nitro benzene ring substituents is 1. The zero-order valence-corrected chi connectivity index (χ0v) is 17.2. The van der Waals surface area contributed by atoms with Crippen LogP contribution in [0.25, 0.3) is 16.3 Å². The normalized spacial score (nSPS) is 13.6. The molecule has 14 heteroatoms. The van der Waals surface area contributed by atoms with Crippen LogP contribution in [-0.4, -0.2) is 32.7 Å². The van der Waals surface area contributed by atoms with E-state index in [1.807, 2.05) is 10.6 Å². The van der Waals surface area contributed by atoms with Gasteiger partial charge in [-0.15, -0.1) is 11.3 Å². The van der Waals surface area contributed by atoms with Gasteiger partial charge < -0.3 is 0 Å². The summed E-state index contributed by atoms with van der Waals surface area (Å²) in [5.74, 6) is -1.83. The maximum Gasteiger partial charge on any atom is 0.328 e. The quantitative estimate of drug-likeness (QED) is 0.245. The number of amides is 4. The fourth-order valence-electron chi connectivity index (χ4n) is 2.77. The molecule has 32 heavy (non-hydrogen) atoms. The molecule has 2 aromatic carbocycles. The SMILES string of the molecule is O=C1NC(=O)C(=Cc2ccc(Sc3nc4ccc([N+](=O)[O-])cc4s3)c([N+](=O)[O-])c2)C(=O)N1. The lowest BCUT2D eigenvalue weighted by atomic mass is 10.1. The third-order valence-electron chi connectivity index (χ3n) is 4.19. The van der Waals surface area contributed by atoms with E-state index >= 15 is 0 Å². The number of nitro groups is 2. The average Bonchev–Trinajstić information content (AvgIpc) is 3.12. The first-order valence-corrected chi connectivity index (χ1v) is 10.2. The molecule has 0 saturated carbocycles. The third kappa shape index (κ3) is 4.17. The monoisotopic (exact) mass is 471 g/mol. The molecule has 4 amide bonds. The number of nitrogens with one attached hydrogen (secondary N) is 2. The number of carbonyl (C=O) groups excluding carboxylic acids is 3. The minimum atomic E-state index is -0.948. The van der Waals surface area contributed by atoms with E-state index in [9.17, 15) is 34.6 Å². The molecule has 0 aliphatic carbocycles. The summed E-state index contributed by atoms with van der Waals surface area (Å²) >= 11 is 2.16. The first-order chi connectivity index (χ1) is 15.2. The topological polar surface area (TPSA) is 174 Å². The standard InChI is InChI=1S/C18H9N5O7S2/c24-15-10(16(25)21-17(26)20-15)5-8-1-4-13(12(6-8)23(29)30)31-18-19-11-3-2-9(22(27)28)7-14(11)32-18/h1-7H,(H2,20,21,24,25,26). The Hall–Kier alpha value is -4.17. The van der Waals surface area contributed by atoms with Crippen molar-refractivity contribution in [2.45, 2.75) is 9.24 Å². The van der Waals surface area contributed by atoms with E-state index in [-0.39, 0.29) is 27.4 Å². The van der Waals surface area contributed by atoms with Gasteiger partial charge in [-0.2, -0.15) is 0 Å². The number of urea groups is 1. The minimum Gasteiger partial charge on any atom is -0.273 e. The molecule has 2 heterocycles. The molecule has 3 aromatic rings. The van der Waals surface area contributed by atoms with Crippen molar-refractivity contribution in [2.24, 2.45) is 0 Å². The van der Waals surface area contributed by atoms with Crippen molar-refractivity contribution in [3.8, 4) is 0 Å². The number of barbiturate groups is 1. The molecule has 4 rings (SSSR count). The van der Waals surface area contributed by atoms with Crippen LogP contribution in [0.5, 0.6) is 0 Å². The second-order valence-electron chi connectivity index (χ2n) is 6.27. The van der Waals surface area contributed by atoms with E-state index in [2.05, 4.69) is 4.98 Å². The smallest absolute Gasteiger partial charge is 0.273 e.